The van der Waals surface area contributed by atoms with Crippen molar-refractivity contribution in [3.63, 3.8) is 0 Å². The van der Waals surface area contributed by atoms with Crippen LogP contribution < -0.4 is 5.32 Å². The molecule has 1 saturated carbocycles. The predicted molar refractivity (Wildman–Crippen MR) is 58.4 cm³/mol. The Balaban J connectivity index is 2.21. The molecular formula is C12H15NO3. The summed E-state index contributed by atoms with van der Waals surface area (Å²) in [6, 6.07) is -0.105. The maximum Gasteiger partial charge on any atom is 0.311 e. The minimum atomic E-state index is -0.250. The summed E-state index contributed by atoms with van der Waals surface area (Å²) < 4.78 is 4.77. The van der Waals surface area contributed by atoms with Gasteiger partial charge < -0.3 is 10.1 Å². The maximum absolute atomic E-state index is 11.6. The first-order valence-electron chi connectivity index (χ1n) is 5.38. The highest BCUT2D eigenvalue weighted by Gasteiger charge is 2.53. The Kier molecular flexibility index (Phi) is 2.81. The molecule has 0 aromatic heterocycles. The minimum absolute atomic E-state index is 0.105. The Morgan fingerprint density at radius 1 is 1.56 bits per heavy atom. The van der Waals surface area contributed by atoms with Gasteiger partial charge in [0, 0.05) is 17.9 Å². The predicted octanol–water partition coefficient (Wildman–Crippen LogP) is 0.652. The number of esters is 1. The fourth-order valence-corrected chi connectivity index (χ4v) is 2.57. The van der Waals surface area contributed by atoms with E-state index in [1.807, 2.05) is 25.2 Å². The van der Waals surface area contributed by atoms with Crippen molar-refractivity contribution in [1.82, 2.24) is 5.32 Å². The summed E-state index contributed by atoms with van der Waals surface area (Å²) in [6.45, 7) is 1.92. The van der Waals surface area contributed by atoms with Gasteiger partial charge in [-0.2, -0.15) is 0 Å². The van der Waals surface area contributed by atoms with Gasteiger partial charge in [-0.25, -0.2) is 0 Å². The van der Waals surface area contributed by atoms with Crippen LogP contribution in [-0.2, 0) is 14.3 Å². The molecule has 4 heteroatoms. The number of allylic oxidation sites excluding steroid dienone is 2. The zero-order valence-corrected chi connectivity index (χ0v) is 9.34. The minimum Gasteiger partial charge on any atom is -0.469 e. The van der Waals surface area contributed by atoms with Gasteiger partial charge in [0.05, 0.1) is 13.0 Å². The van der Waals surface area contributed by atoms with Crippen LogP contribution in [0.2, 0.25) is 0 Å². The molecule has 1 aliphatic carbocycles. The van der Waals surface area contributed by atoms with E-state index in [9.17, 15) is 9.59 Å². The molecule has 86 valence electrons. The quantitative estimate of drug-likeness (QED) is 0.550. The molecule has 1 amide bonds. The maximum atomic E-state index is 11.6. The Bertz CT molecular complexity index is 372. The number of nitrogens with one attached hydrogen (secondary N) is 1. The molecular weight excluding hydrogens is 206 g/mol. The van der Waals surface area contributed by atoms with Gasteiger partial charge in [0.1, 0.15) is 0 Å². The Morgan fingerprint density at radius 3 is 2.94 bits per heavy atom. The van der Waals surface area contributed by atoms with Crippen molar-refractivity contribution in [2.45, 2.75) is 13.0 Å². The number of fused-ring (bicyclic) bond motifs is 1. The van der Waals surface area contributed by atoms with Crippen molar-refractivity contribution in [1.29, 1.82) is 0 Å². The van der Waals surface area contributed by atoms with Crippen molar-refractivity contribution in [2.24, 2.45) is 17.8 Å². The van der Waals surface area contributed by atoms with Crippen LogP contribution in [0.1, 0.15) is 6.92 Å². The highest BCUT2D eigenvalue weighted by atomic mass is 16.5. The second-order valence-electron chi connectivity index (χ2n) is 4.12. The van der Waals surface area contributed by atoms with E-state index in [4.69, 9.17) is 4.74 Å². The molecule has 1 N–H and O–H groups in total. The zero-order valence-electron chi connectivity index (χ0n) is 9.34. The van der Waals surface area contributed by atoms with Gasteiger partial charge in [-0.1, -0.05) is 18.2 Å². The van der Waals surface area contributed by atoms with E-state index in [1.54, 1.807) is 0 Å². The molecule has 0 unspecified atom stereocenters. The number of hydrogen-bond donors (Lipinski definition) is 1. The molecule has 0 radical (unpaired) electrons. The van der Waals surface area contributed by atoms with Gasteiger partial charge in [-0.3, -0.25) is 9.59 Å². The van der Waals surface area contributed by atoms with Crippen LogP contribution in [0.4, 0.5) is 0 Å². The summed E-state index contributed by atoms with van der Waals surface area (Å²) >= 11 is 0. The fourth-order valence-electron chi connectivity index (χ4n) is 2.57. The summed E-state index contributed by atoms with van der Waals surface area (Å²) in [7, 11) is 1.38. The van der Waals surface area contributed by atoms with Crippen molar-refractivity contribution < 1.29 is 14.3 Å². The Labute approximate surface area is 94.3 Å². The van der Waals surface area contributed by atoms with Crippen LogP contribution in [0, 0.1) is 17.8 Å². The van der Waals surface area contributed by atoms with E-state index >= 15 is 0 Å². The molecule has 0 saturated heterocycles. The number of carbonyl (C=O) groups excluding carboxylic acids is 2. The molecule has 0 aromatic carbocycles. The third kappa shape index (κ3) is 1.54. The molecule has 2 aliphatic rings. The molecule has 0 bridgehead atoms. The average molecular weight is 221 g/mol. The third-order valence-electron chi connectivity index (χ3n) is 3.33. The normalized spacial score (nSPS) is 36.5. The highest BCUT2D eigenvalue weighted by molar-refractivity contribution is 5.90. The molecule has 4 atom stereocenters. The van der Waals surface area contributed by atoms with Gasteiger partial charge in [-0.15, -0.1) is 0 Å². The molecule has 2 rings (SSSR count). The van der Waals surface area contributed by atoms with Gasteiger partial charge >= 0.3 is 5.97 Å². The van der Waals surface area contributed by atoms with Crippen LogP contribution in [0.5, 0.6) is 0 Å². The van der Waals surface area contributed by atoms with Crippen molar-refractivity contribution >= 4 is 11.9 Å². The smallest absolute Gasteiger partial charge is 0.311 e. The molecule has 1 fully saturated rings. The number of amides is 1. The lowest BCUT2D eigenvalue weighted by molar-refractivity contribution is -0.155. The SMILES string of the molecule is C/C=C/[C@@H]1[C@@H]2C=CC(=O)N[C@@H]2[C@H]1C(=O)OC. The monoisotopic (exact) mass is 221 g/mol. The van der Waals surface area contributed by atoms with Gasteiger partial charge in [0.15, 0.2) is 0 Å². The van der Waals surface area contributed by atoms with Crippen LogP contribution in [0.25, 0.3) is 0 Å². The summed E-state index contributed by atoms with van der Waals surface area (Å²) in [5.74, 6) is -0.272. The highest BCUT2D eigenvalue weighted by Crippen LogP contribution is 2.44. The van der Waals surface area contributed by atoms with Crippen LogP contribution in [0.3, 0.4) is 0 Å². The largest absolute Gasteiger partial charge is 0.469 e. The van der Waals surface area contributed by atoms with Crippen molar-refractivity contribution in [3.05, 3.63) is 24.3 Å². The summed E-state index contributed by atoms with van der Waals surface area (Å²) in [4.78, 5) is 22.8. The molecule has 1 heterocycles. The summed E-state index contributed by atoms with van der Waals surface area (Å²) in [6.07, 6.45) is 7.35. The second-order valence-corrected chi connectivity index (χ2v) is 4.12. The number of ether oxygens (including phenoxy) is 1. The Morgan fingerprint density at radius 2 is 2.31 bits per heavy atom. The van der Waals surface area contributed by atoms with E-state index in [0.29, 0.717) is 0 Å². The first kappa shape index (κ1) is 10.9. The molecule has 16 heavy (non-hydrogen) atoms. The van der Waals surface area contributed by atoms with Crippen LogP contribution >= 0.6 is 0 Å². The molecule has 4 nitrogen and oxygen atoms in total. The van der Waals surface area contributed by atoms with E-state index in [1.165, 1.54) is 13.2 Å². The topological polar surface area (TPSA) is 55.4 Å². The summed E-state index contributed by atoms with van der Waals surface area (Å²) in [5.41, 5.74) is 0. The molecule has 0 aromatic rings. The number of methoxy groups -OCH3 is 1. The van der Waals surface area contributed by atoms with Crippen molar-refractivity contribution in [3.8, 4) is 0 Å². The summed E-state index contributed by atoms with van der Waals surface area (Å²) in [5, 5.41) is 2.81. The number of rotatable bonds is 2. The van der Waals surface area contributed by atoms with E-state index in [0.717, 1.165) is 0 Å². The fraction of sp³-hybridized carbons (Fsp3) is 0.500. The third-order valence-corrected chi connectivity index (χ3v) is 3.33. The van der Waals surface area contributed by atoms with Gasteiger partial charge in [0.25, 0.3) is 0 Å². The average Bonchev–Trinajstić information content (AvgIpc) is 2.27. The lowest BCUT2D eigenvalue weighted by atomic mass is 9.59. The van der Waals surface area contributed by atoms with Crippen molar-refractivity contribution in [2.75, 3.05) is 7.11 Å². The number of hydrogen-bond acceptors (Lipinski definition) is 3. The zero-order chi connectivity index (χ0) is 11.7. The van der Waals surface area contributed by atoms with Gasteiger partial charge in [-0.05, 0) is 13.0 Å². The standard InChI is InChI=1S/C12H15NO3/c1-3-4-7-8-5-6-9(14)13-11(8)10(7)12(15)16-2/h3-8,10-11H,1-2H3,(H,13,14)/b4-3+/t7-,8+,10+,11+/m1/s1. The number of carbonyl (C=O) groups is 2. The Hall–Kier alpha value is -1.58. The van der Waals surface area contributed by atoms with E-state index in [2.05, 4.69) is 5.32 Å². The van der Waals surface area contributed by atoms with E-state index < -0.39 is 0 Å². The lowest BCUT2D eigenvalue weighted by Crippen LogP contribution is -2.63. The van der Waals surface area contributed by atoms with Crippen LogP contribution in [0.15, 0.2) is 24.3 Å². The molecule has 1 aliphatic heterocycles. The second kappa shape index (κ2) is 4.12. The van der Waals surface area contributed by atoms with E-state index in [-0.39, 0.29) is 35.7 Å². The lowest BCUT2D eigenvalue weighted by Gasteiger charge is -2.49. The van der Waals surface area contributed by atoms with Crippen LogP contribution in [-0.4, -0.2) is 25.0 Å². The first-order chi connectivity index (χ1) is 7.69. The molecule has 0 spiro atoms. The van der Waals surface area contributed by atoms with Gasteiger partial charge in [0.2, 0.25) is 5.91 Å². The first-order valence-corrected chi connectivity index (χ1v) is 5.38.